The fraction of sp³-hybridized carbons (Fsp3) is 0.923. The van der Waals surface area contributed by atoms with E-state index in [-0.39, 0.29) is 0 Å². The normalized spacial score (nSPS) is 32.5. The number of ether oxygens (including phenoxy) is 1. The van der Waals surface area contributed by atoms with Gasteiger partial charge in [-0.15, -0.1) is 0 Å². The molecule has 1 aliphatic carbocycles. The van der Waals surface area contributed by atoms with Crippen molar-refractivity contribution in [3.63, 3.8) is 0 Å². The number of aliphatic carboxylic acids is 1. The molecule has 16 heavy (non-hydrogen) atoms. The molecule has 2 aliphatic rings. The van der Waals surface area contributed by atoms with Gasteiger partial charge < -0.3 is 9.84 Å². The van der Waals surface area contributed by atoms with Crippen molar-refractivity contribution < 1.29 is 14.6 Å². The molecule has 0 atom stereocenters. The van der Waals surface area contributed by atoms with Gasteiger partial charge in [-0.05, 0) is 56.3 Å². The van der Waals surface area contributed by atoms with Crippen LogP contribution in [0.1, 0.15) is 44.9 Å². The Kier molecular flexibility index (Phi) is 4.22. The highest BCUT2D eigenvalue weighted by molar-refractivity contribution is 5.67. The van der Waals surface area contributed by atoms with E-state index in [2.05, 4.69) is 0 Å². The molecule has 0 amide bonds. The number of carboxylic acid groups (broad SMARTS) is 1. The van der Waals surface area contributed by atoms with Gasteiger partial charge in [-0.1, -0.05) is 0 Å². The maximum absolute atomic E-state index is 10.6. The summed E-state index contributed by atoms with van der Waals surface area (Å²) in [4.78, 5) is 10.6. The van der Waals surface area contributed by atoms with Crippen molar-refractivity contribution in [1.29, 1.82) is 0 Å². The van der Waals surface area contributed by atoms with Crippen LogP contribution in [0, 0.1) is 17.8 Å². The van der Waals surface area contributed by atoms with Gasteiger partial charge in [0, 0.05) is 19.6 Å². The third-order valence-electron chi connectivity index (χ3n) is 4.29. The molecule has 0 unspecified atom stereocenters. The quantitative estimate of drug-likeness (QED) is 0.804. The van der Waals surface area contributed by atoms with E-state index in [0.29, 0.717) is 12.3 Å². The second kappa shape index (κ2) is 5.67. The molecule has 0 spiro atoms. The Morgan fingerprint density at radius 2 is 1.56 bits per heavy atom. The third-order valence-corrected chi connectivity index (χ3v) is 4.29. The van der Waals surface area contributed by atoms with Crippen LogP contribution in [0.2, 0.25) is 0 Å². The molecule has 0 bridgehead atoms. The maximum Gasteiger partial charge on any atom is 0.303 e. The summed E-state index contributed by atoms with van der Waals surface area (Å²) in [5, 5.41) is 8.76. The summed E-state index contributed by atoms with van der Waals surface area (Å²) >= 11 is 0. The summed E-state index contributed by atoms with van der Waals surface area (Å²) in [5.74, 6) is 1.50. The van der Waals surface area contributed by atoms with E-state index >= 15 is 0 Å². The number of hydrogen-bond donors (Lipinski definition) is 1. The van der Waals surface area contributed by atoms with E-state index in [1.807, 2.05) is 0 Å². The monoisotopic (exact) mass is 226 g/mol. The van der Waals surface area contributed by atoms with Crippen LogP contribution in [-0.2, 0) is 9.53 Å². The van der Waals surface area contributed by atoms with Gasteiger partial charge >= 0.3 is 5.97 Å². The number of rotatable bonds is 3. The molecule has 0 aromatic heterocycles. The zero-order chi connectivity index (χ0) is 11.4. The standard InChI is InChI=1S/C13H22O3/c14-13(15)9-10-1-3-11(4-2-10)12-5-7-16-8-6-12/h10-12H,1-9H2,(H,14,15). The highest BCUT2D eigenvalue weighted by atomic mass is 16.5. The zero-order valence-corrected chi connectivity index (χ0v) is 9.86. The van der Waals surface area contributed by atoms with E-state index in [4.69, 9.17) is 9.84 Å². The van der Waals surface area contributed by atoms with Crippen LogP contribution in [0.3, 0.4) is 0 Å². The molecule has 3 heteroatoms. The topological polar surface area (TPSA) is 46.5 Å². The van der Waals surface area contributed by atoms with Gasteiger partial charge in [0.25, 0.3) is 0 Å². The summed E-state index contributed by atoms with van der Waals surface area (Å²) in [6, 6.07) is 0. The van der Waals surface area contributed by atoms with Crippen LogP contribution >= 0.6 is 0 Å². The molecule has 92 valence electrons. The molecule has 1 saturated heterocycles. The Morgan fingerprint density at radius 1 is 1.00 bits per heavy atom. The first-order valence-electron chi connectivity index (χ1n) is 6.55. The summed E-state index contributed by atoms with van der Waals surface area (Å²) in [7, 11) is 0. The Hall–Kier alpha value is -0.570. The predicted molar refractivity (Wildman–Crippen MR) is 61.2 cm³/mol. The Balaban J connectivity index is 1.73. The lowest BCUT2D eigenvalue weighted by Crippen LogP contribution is -2.27. The average Bonchev–Trinajstić information content (AvgIpc) is 2.30. The van der Waals surface area contributed by atoms with Crippen LogP contribution in [-0.4, -0.2) is 24.3 Å². The minimum Gasteiger partial charge on any atom is -0.481 e. The van der Waals surface area contributed by atoms with Crippen molar-refractivity contribution in [2.75, 3.05) is 13.2 Å². The molecule has 0 aromatic rings. The smallest absolute Gasteiger partial charge is 0.303 e. The van der Waals surface area contributed by atoms with Crippen molar-refractivity contribution in [3.8, 4) is 0 Å². The largest absolute Gasteiger partial charge is 0.481 e. The summed E-state index contributed by atoms with van der Waals surface area (Å²) < 4.78 is 5.39. The summed E-state index contributed by atoms with van der Waals surface area (Å²) in [6.45, 7) is 1.86. The minimum absolute atomic E-state index is 0.375. The van der Waals surface area contributed by atoms with Crippen LogP contribution in [0.25, 0.3) is 0 Å². The van der Waals surface area contributed by atoms with E-state index in [0.717, 1.165) is 37.9 Å². The molecule has 1 aliphatic heterocycles. The molecule has 2 rings (SSSR count). The van der Waals surface area contributed by atoms with E-state index in [1.165, 1.54) is 25.7 Å². The van der Waals surface area contributed by atoms with Crippen LogP contribution in [0.4, 0.5) is 0 Å². The maximum atomic E-state index is 10.6. The van der Waals surface area contributed by atoms with Crippen molar-refractivity contribution >= 4 is 5.97 Å². The van der Waals surface area contributed by atoms with Gasteiger partial charge in [-0.3, -0.25) is 4.79 Å². The molecule has 2 fully saturated rings. The first kappa shape index (κ1) is 11.9. The highest BCUT2D eigenvalue weighted by Crippen LogP contribution is 2.38. The molecule has 1 saturated carbocycles. The zero-order valence-electron chi connectivity index (χ0n) is 9.86. The van der Waals surface area contributed by atoms with Gasteiger partial charge in [0.2, 0.25) is 0 Å². The highest BCUT2D eigenvalue weighted by Gasteiger charge is 2.29. The summed E-state index contributed by atoms with van der Waals surface area (Å²) in [6.07, 6.45) is 7.52. The lowest BCUT2D eigenvalue weighted by atomic mass is 9.73. The fourth-order valence-electron chi connectivity index (χ4n) is 3.30. The number of carbonyl (C=O) groups is 1. The van der Waals surface area contributed by atoms with Crippen LogP contribution in [0.15, 0.2) is 0 Å². The van der Waals surface area contributed by atoms with Gasteiger partial charge in [0.15, 0.2) is 0 Å². The Labute approximate surface area is 97.2 Å². The minimum atomic E-state index is -0.630. The van der Waals surface area contributed by atoms with Gasteiger partial charge in [-0.25, -0.2) is 0 Å². The van der Waals surface area contributed by atoms with Gasteiger partial charge in [0.05, 0.1) is 0 Å². The number of carboxylic acids is 1. The van der Waals surface area contributed by atoms with Crippen LogP contribution in [0.5, 0.6) is 0 Å². The molecule has 3 nitrogen and oxygen atoms in total. The predicted octanol–water partition coefficient (Wildman–Crippen LogP) is 2.69. The van der Waals surface area contributed by atoms with Crippen molar-refractivity contribution in [2.45, 2.75) is 44.9 Å². The summed E-state index contributed by atoms with van der Waals surface area (Å²) in [5.41, 5.74) is 0. The Bertz CT molecular complexity index is 225. The lowest BCUT2D eigenvalue weighted by Gasteiger charge is -2.35. The SMILES string of the molecule is O=C(O)CC1CCC(C2CCOCC2)CC1. The molecule has 0 radical (unpaired) electrons. The van der Waals surface area contributed by atoms with E-state index in [9.17, 15) is 4.79 Å². The van der Waals surface area contributed by atoms with Crippen molar-refractivity contribution in [2.24, 2.45) is 17.8 Å². The first-order chi connectivity index (χ1) is 7.75. The second-order valence-electron chi connectivity index (χ2n) is 5.33. The molecular formula is C13H22O3. The van der Waals surface area contributed by atoms with E-state index in [1.54, 1.807) is 0 Å². The molecule has 1 N–H and O–H groups in total. The van der Waals surface area contributed by atoms with Crippen LogP contribution < -0.4 is 0 Å². The lowest BCUT2D eigenvalue weighted by molar-refractivity contribution is -0.138. The third kappa shape index (κ3) is 3.21. The van der Waals surface area contributed by atoms with Gasteiger partial charge in [-0.2, -0.15) is 0 Å². The molecule has 0 aromatic carbocycles. The Morgan fingerprint density at radius 3 is 2.12 bits per heavy atom. The van der Waals surface area contributed by atoms with E-state index < -0.39 is 5.97 Å². The van der Waals surface area contributed by atoms with Gasteiger partial charge in [0.1, 0.15) is 0 Å². The number of hydrogen-bond acceptors (Lipinski definition) is 2. The molecular weight excluding hydrogens is 204 g/mol. The fourth-order valence-corrected chi connectivity index (χ4v) is 3.30. The van der Waals surface area contributed by atoms with Crippen molar-refractivity contribution in [1.82, 2.24) is 0 Å². The molecule has 1 heterocycles. The second-order valence-corrected chi connectivity index (χ2v) is 5.33. The van der Waals surface area contributed by atoms with Crippen molar-refractivity contribution in [3.05, 3.63) is 0 Å². The average molecular weight is 226 g/mol. The first-order valence-corrected chi connectivity index (χ1v) is 6.55.